The van der Waals surface area contributed by atoms with E-state index in [-0.39, 0.29) is 10.9 Å². The van der Waals surface area contributed by atoms with Crippen LogP contribution in [-0.2, 0) is 9.59 Å². The van der Waals surface area contributed by atoms with E-state index in [2.05, 4.69) is 9.72 Å². The van der Waals surface area contributed by atoms with Crippen molar-refractivity contribution >= 4 is 23.5 Å². The van der Waals surface area contributed by atoms with Crippen molar-refractivity contribution in [2.24, 2.45) is 0 Å². The summed E-state index contributed by atoms with van der Waals surface area (Å²) in [6.07, 6.45) is 1.33. The number of halogens is 1. The minimum absolute atomic E-state index is 0.0806. The van der Waals surface area contributed by atoms with Gasteiger partial charge in [0.1, 0.15) is 5.02 Å². The van der Waals surface area contributed by atoms with Gasteiger partial charge in [-0.3, -0.25) is 0 Å². The number of aromatic nitrogens is 1. The van der Waals surface area contributed by atoms with Crippen molar-refractivity contribution < 1.29 is 19.4 Å². The third kappa shape index (κ3) is 2.41. The van der Waals surface area contributed by atoms with Gasteiger partial charge in [-0.15, -0.1) is 0 Å². The summed E-state index contributed by atoms with van der Waals surface area (Å²) in [5.74, 6) is -3.32. The molecule has 1 N–H and O–H groups in total. The van der Waals surface area contributed by atoms with Crippen molar-refractivity contribution in [3.63, 3.8) is 0 Å². The second-order valence-electron chi connectivity index (χ2n) is 1.99. The average Bonchev–Trinajstić information content (AvgIpc) is 2.08. The Hall–Kier alpha value is -1.62. The van der Waals surface area contributed by atoms with Gasteiger partial charge in [0.25, 0.3) is 0 Å². The molecule has 0 radical (unpaired) electrons. The highest BCUT2D eigenvalue weighted by atomic mass is 35.5. The first-order chi connectivity index (χ1) is 6.11. The lowest BCUT2D eigenvalue weighted by Gasteiger charge is -2.00. The topological polar surface area (TPSA) is 76.5 Å². The number of carbonyl (C=O) groups excluding carboxylic acids is 1. The van der Waals surface area contributed by atoms with Gasteiger partial charge in [-0.2, -0.15) is 0 Å². The standard InChI is InChI=1S/C7H4ClNO4/c8-4-2-1-3-9-5(4)13-7(12)6(10)11/h1-3H,(H,10,11). The van der Waals surface area contributed by atoms with E-state index < -0.39 is 11.9 Å². The minimum atomic E-state index is -1.69. The van der Waals surface area contributed by atoms with E-state index in [1.165, 1.54) is 18.3 Å². The molecular weight excluding hydrogens is 198 g/mol. The molecule has 5 nitrogen and oxygen atoms in total. The van der Waals surface area contributed by atoms with Crippen LogP contribution in [-0.4, -0.2) is 22.0 Å². The average molecular weight is 202 g/mol. The number of rotatable bonds is 1. The summed E-state index contributed by atoms with van der Waals surface area (Å²) in [5.41, 5.74) is 0. The van der Waals surface area contributed by atoms with E-state index in [1.807, 2.05) is 0 Å². The molecule has 0 aliphatic carbocycles. The van der Waals surface area contributed by atoms with Gasteiger partial charge in [-0.25, -0.2) is 14.6 Å². The minimum Gasteiger partial charge on any atom is -0.473 e. The van der Waals surface area contributed by atoms with Crippen molar-refractivity contribution in [1.29, 1.82) is 0 Å². The van der Waals surface area contributed by atoms with Gasteiger partial charge in [0.2, 0.25) is 5.88 Å². The lowest BCUT2D eigenvalue weighted by Crippen LogP contribution is -2.19. The molecule has 0 spiro atoms. The van der Waals surface area contributed by atoms with Gasteiger partial charge in [0.15, 0.2) is 0 Å². The van der Waals surface area contributed by atoms with E-state index in [1.54, 1.807) is 0 Å². The molecule has 0 saturated carbocycles. The van der Waals surface area contributed by atoms with Crippen LogP contribution in [0.2, 0.25) is 5.02 Å². The Kier molecular flexibility index (Phi) is 2.81. The Morgan fingerprint density at radius 3 is 2.77 bits per heavy atom. The molecule has 13 heavy (non-hydrogen) atoms. The maximum atomic E-state index is 10.5. The van der Waals surface area contributed by atoms with Crippen LogP contribution < -0.4 is 4.74 Å². The molecule has 0 saturated heterocycles. The number of carboxylic acids is 1. The molecule has 1 aromatic heterocycles. The highest BCUT2D eigenvalue weighted by Gasteiger charge is 2.16. The third-order valence-electron chi connectivity index (χ3n) is 1.09. The van der Waals surface area contributed by atoms with Crippen molar-refractivity contribution in [1.82, 2.24) is 4.98 Å². The van der Waals surface area contributed by atoms with Gasteiger partial charge in [-0.05, 0) is 12.1 Å². The second kappa shape index (κ2) is 3.86. The summed E-state index contributed by atoms with van der Waals surface area (Å²) in [5, 5.41) is 8.27. The van der Waals surface area contributed by atoms with Crippen LogP contribution in [0.25, 0.3) is 0 Å². The maximum Gasteiger partial charge on any atom is 0.424 e. The molecule has 0 unspecified atom stereocenters. The fourth-order valence-corrected chi connectivity index (χ4v) is 0.738. The van der Waals surface area contributed by atoms with Gasteiger partial charge < -0.3 is 9.84 Å². The number of aliphatic carboxylic acids is 1. The van der Waals surface area contributed by atoms with E-state index in [0.29, 0.717) is 0 Å². The van der Waals surface area contributed by atoms with E-state index in [0.717, 1.165) is 0 Å². The predicted molar refractivity (Wildman–Crippen MR) is 42.5 cm³/mol. The fraction of sp³-hybridized carbons (Fsp3) is 0. The van der Waals surface area contributed by atoms with Crippen LogP contribution in [0.5, 0.6) is 5.88 Å². The number of carboxylic acid groups (broad SMARTS) is 1. The first-order valence-electron chi connectivity index (χ1n) is 3.17. The Labute approximate surface area is 77.9 Å². The van der Waals surface area contributed by atoms with E-state index in [9.17, 15) is 9.59 Å². The maximum absolute atomic E-state index is 10.5. The van der Waals surface area contributed by atoms with Crippen LogP contribution in [0.4, 0.5) is 0 Å². The Morgan fingerprint density at radius 1 is 1.54 bits per heavy atom. The van der Waals surface area contributed by atoms with Gasteiger partial charge in [0, 0.05) is 6.20 Å². The number of carbonyl (C=O) groups is 2. The number of hydrogen-bond acceptors (Lipinski definition) is 4. The van der Waals surface area contributed by atoms with Crippen LogP contribution in [0.15, 0.2) is 18.3 Å². The summed E-state index contributed by atoms with van der Waals surface area (Å²) >= 11 is 5.54. The molecule has 1 heterocycles. The first-order valence-corrected chi connectivity index (χ1v) is 3.54. The van der Waals surface area contributed by atoms with Gasteiger partial charge >= 0.3 is 11.9 Å². The molecule has 0 fully saturated rings. The number of pyridine rings is 1. The smallest absolute Gasteiger partial charge is 0.424 e. The van der Waals surface area contributed by atoms with Crippen molar-refractivity contribution in [2.75, 3.05) is 0 Å². The predicted octanol–water partition coefficient (Wildman–Crippen LogP) is 0.725. The molecule has 1 rings (SSSR count). The SMILES string of the molecule is O=C(O)C(=O)Oc1ncccc1Cl. The molecule has 0 atom stereocenters. The molecule has 68 valence electrons. The highest BCUT2D eigenvalue weighted by molar-refractivity contribution is 6.33. The lowest BCUT2D eigenvalue weighted by molar-refractivity contribution is -0.158. The fourth-order valence-electron chi connectivity index (χ4n) is 0.578. The molecule has 6 heteroatoms. The summed E-state index contributed by atoms with van der Waals surface area (Å²) in [4.78, 5) is 24.2. The first kappa shape index (κ1) is 9.47. The summed E-state index contributed by atoms with van der Waals surface area (Å²) in [6.45, 7) is 0. The van der Waals surface area contributed by atoms with Crippen LogP contribution in [0, 0.1) is 0 Å². The Morgan fingerprint density at radius 2 is 2.23 bits per heavy atom. The molecule has 0 amide bonds. The molecule has 0 aliphatic heterocycles. The summed E-state index contributed by atoms with van der Waals surface area (Å²) in [7, 11) is 0. The molecule has 0 aliphatic rings. The third-order valence-corrected chi connectivity index (χ3v) is 1.38. The molecule has 1 aromatic rings. The summed E-state index contributed by atoms with van der Waals surface area (Å²) < 4.78 is 4.33. The Balaban J connectivity index is 2.81. The molecule has 0 aromatic carbocycles. The largest absolute Gasteiger partial charge is 0.473 e. The van der Waals surface area contributed by atoms with Crippen LogP contribution in [0.3, 0.4) is 0 Å². The monoisotopic (exact) mass is 201 g/mol. The number of nitrogens with zero attached hydrogens (tertiary/aromatic N) is 1. The van der Waals surface area contributed by atoms with Crippen LogP contribution in [0.1, 0.15) is 0 Å². The van der Waals surface area contributed by atoms with E-state index >= 15 is 0 Å². The second-order valence-corrected chi connectivity index (χ2v) is 2.39. The van der Waals surface area contributed by atoms with Gasteiger partial charge in [-0.1, -0.05) is 11.6 Å². The molecular formula is C7H4ClNO4. The zero-order valence-corrected chi connectivity index (χ0v) is 6.99. The van der Waals surface area contributed by atoms with E-state index in [4.69, 9.17) is 16.7 Å². The highest BCUT2D eigenvalue weighted by Crippen LogP contribution is 2.19. The van der Waals surface area contributed by atoms with Crippen molar-refractivity contribution in [3.05, 3.63) is 23.4 Å². The number of ether oxygens (including phenoxy) is 1. The van der Waals surface area contributed by atoms with Gasteiger partial charge in [0.05, 0.1) is 0 Å². The van der Waals surface area contributed by atoms with Crippen molar-refractivity contribution in [3.8, 4) is 5.88 Å². The molecule has 0 bridgehead atoms. The number of esters is 1. The zero-order chi connectivity index (χ0) is 9.84. The zero-order valence-electron chi connectivity index (χ0n) is 6.23. The van der Waals surface area contributed by atoms with Crippen LogP contribution >= 0.6 is 11.6 Å². The summed E-state index contributed by atoms with van der Waals surface area (Å²) in [6, 6.07) is 2.96. The normalized spacial score (nSPS) is 9.31. The Bertz CT molecular complexity index is 352. The quantitative estimate of drug-likeness (QED) is 0.535. The van der Waals surface area contributed by atoms with Crippen molar-refractivity contribution in [2.45, 2.75) is 0 Å². The number of hydrogen-bond donors (Lipinski definition) is 1. The lowest BCUT2D eigenvalue weighted by atomic mass is 10.5.